The zero-order valence-electron chi connectivity index (χ0n) is 23.4. The van der Waals surface area contributed by atoms with Gasteiger partial charge in [-0.25, -0.2) is 17.6 Å². The van der Waals surface area contributed by atoms with Crippen molar-refractivity contribution in [3.8, 4) is 17.6 Å². The monoisotopic (exact) mass is 595 g/mol. The molecule has 224 valence electrons. The van der Waals surface area contributed by atoms with Gasteiger partial charge >= 0.3 is 11.9 Å². The van der Waals surface area contributed by atoms with Crippen molar-refractivity contribution < 1.29 is 42.1 Å². The zero-order chi connectivity index (χ0) is 31.1. The Kier molecular flexibility index (Phi) is 10.1. The number of aryl methyl sites for hydroxylation is 2. The van der Waals surface area contributed by atoms with Crippen molar-refractivity contribution >= 4 is 22.8 Å². The van der Waals surface area contributed by atoms with E-state index in [0.29, 0.717) is 54.3 Å². The number of carbonyl (C=O) groups is 2. The number of fused-ring (bicyclic) bond motifs is 1. The summed E-state index contributed by atoms with van der Waals surface area (Å²) in [4.78, 5) is 22.6. The summed E-state index contributed by atoms with van der Waals surface area (Å²) >= 11 is 0. The summed E-state index contributed by atoms with van der Waals surface area (Å²) in [6.45, 7) is 2.54. The molecule has 0 atom stereocenters. The number of carboxylic acid groups (broad SMARTS) is 2. The Morgan fingerprint density at radius 3 is 2.33 bits per heavy atom. The topological polar surface area (TPSA) is 88.8 Å². The maximum atomic E-state index is 13.8. The number of ether oxygens (including phenoxy) is 1. The minimum absolute atomic E-state index is 0.00497. The zero-order valence-corrected chi connectivity index (χ0v) is 23.4. The molecule has 4 rings (SSSR count). The molecule has 0 spiro atoms. The molecule has 4 aromatic rings. The normalized spacial score (nSPS) is 10.9. The van der Waals surface area contributed by atoms with Gasteiger partial charge in [-0.2, -0.15) is 0 Å². The van der Waals surface area contributed by atoms with Crippen molar-refractivity contribution in [3.63, 3.8) is 0 Å². The summed E-state index contributed by atoms with van der Waals surface area (Å²) in [6.07, 6.45) is 1.10. The summed E-state index contributed by atoms with van der Waals surface area (Å²) in [5, 5.41) is 19.3. The quantitative estimate of drug-likeness (QED) is 0.0619. The largest absolute Gasteiger partial charge is 0.494 e. The lowest BCUT2D eigenvalue weighted by molar-refractivity contribution is -0.137. The Bertz CT molecular complexity index is 1720. The van der Waals surface area contributed by atoms with Crippen LogP contribution in [0.1, 0.15) is 53.6 Å². The molecule has 0 amide bonds. The Labute approximate surface area is 245 Å². The van der Waals surface area contributed by atoms with E-state index in [9.17, 15) is 32.3 Å². The number of aliphatic carboxylic acids is 2. The molecular weight excluding hydrogens is 566 g/mol. The highest BCUT2D eigenvalue weighted by atomic mass is 19.2. The third kappa shape index (κ3) is 7.55. The number of hydrogen-bond acceptors (Lipinski definition) is 3. The molecule has 0 unspecified atom stereocenters. The maximum Gasteiger partial charge on any atom is 0.307 e. The minimum Gasteiger partial charge on any atom is -0.494 e. The predicted molar refractivity (Wildman–Crippen MR) is 152 cm³/mol. The number of nitrogens with zero attached hydrogens (tertiary/aromatic N) is 1. The van der Waals surface area contributed by atoms with Crippen molar-refractivity contribution in [2.24, 2.45) is 0 Å². The molecule has 0 saturated heterocycles. The van der Waals surface area contributed by atoms with Crippen LogP contribution in [0.15, 0.2) is 48.5 Å². The molecule has 0 radical (unpaired) electrons. The van der Waals surface area contributed by atoms with Gasteiger partial charge in [0, 0.05) is 40.7 Å². The first-order chi connectivity index (χ1) is 20.6. The van der Waals surface area contributed by atoms with E-state index < -0.39 is 35.2 Å². The number of aromatic nitrogens is 1. The van der Waals surface area contributed by atoms with Gasteiger partial charge in [-0.1, -0.05) is 17.9 Å². The lowest BCUT2D eigenvalue weighted by atomic mass is 10.0. The van der Waals surface area contributed by atoms with Crippen LogP contribution >= 0.6 is 0 Å². The number of rotatable bonds is 12. The van der Waals surface area contributed by atoms with Crippen molar-refractivity contribution in [2.75, 3.05) is 6.61 Å². The first kappa shape index (κ1) is 31.2. The predicted octanol–water partition coefficient (Wildman–Crippen LogP) is 6.80. The highest BCUT2D eigenvalue weighted by Gasteiger charge is 2.19. The Hall–Kier alpha value is -4.78. The van der Waals surface area contributed by atoms with E-state index in [2.05, 4.69) is 11.8 Å². The Morgan fingerprint density at radius 2 is 1.63 bits per heavy atom. The molecule has 1 aromatic heterocycles. The fourth-order valence-corrected chi connectivity index (χ4v) is 4.94. The number of carboxylic acids is 2. The molecule has 0 fully saturated rings. The van der Waals surface area contributed by atoms with Gasteiger partial charge in [0.25, 0.3) is 0 Å². The average molecular weight is 596 g/mol. The summed E-state index contributed by atoms with van der Waals surface area (Å²) in [5.41, 5.74) is 3.33. The number of benzene rings is 3. The van der Waals surface area contributed by atoms with E-state index in [0.717, 1.165) is 16.6 Å². The maximum absolute atomic E-state index is 13.8. The molecule has 0 aliphatic rings. The molecule has 0 aliphatic heterocycles. The fourth-order valence-electron chi connectivity index (χ4n) is 4.94. The van der Waals surface area contributed by atoms with E-state index in [1.807, 2.05) is 29.7 Å². The van der Waals surface area contributed by atoms with E-state index >= 15 is 0 Å². The Balaban J connectivity index is 1.42. The van der Waals surface area contributed by atoms with E-state index in [1.165, 1.54) is 0 Å². The minimum atomic E-state index is -1.82. The first-order valence-corrected chi connectivity index (χ1v) is 13.7. The van der Waals surface area contributed by atoms with Crippen LogP contribution in [0.25, 0.3) is 10.9 Å². The molecule has 0 aliphatic carbocycles. The second-order valence-electron chi connectivity index (χ2n) is 10.0. The third-order valence-corrected chi connectivity index (χ3v) is 7.06. The van der Waals surface area contributed by atoms with E-state index in [-0.39, 0.29) is 31.4 Å². The number of unbranched alkanes of at least 4 members (excludes halogenated alkanes) is 1. The fraction of sp³-hybridized carbons (Fsp3) is 0.273. The van der Waals surface area contributed by atoms with Crippen molar-refractivity contribution in [2.45, 2.75) is 52.0 Å². The van der Waals surface area contributed by atoms with Crippen molar-refractivity contribution in [3.05, 3.63) is 99.7 Å². The molecule has 2 N–H and O–H groups in total. The van der Waals surface area contributed by atoms with Gasteiger partial charge in [-0.05, 0) is 86.2 Å². The Morgan fingerprint density at radius 1 is 0.884 bits per heavy atom. The number of halogens is 4. The molecule has 6 nitrogen and oxygen atoms in total. The number of hydrogen-bond donors (Lipinski definition) is 2. The smallest absolute Gasteiger partial charge is 0.307 e. The summed E-state index contributed by atoms with van der Waals surface area (Å²) in [5.74, 6) is -1.50. The lowest BCUT2D eigenvalue weighted by Crippen LogP contribution is -2.05. The molecule has 43 heavy (non-hydrogen) atoms. The van der Waals surface area contributed by atoms with Crippen LogP contribution in [-0.2, 0) is 29.0 Å². The molecule has 10 heteroatoms. The summed E-state index contributed by atoms with van der Waals surface area (Å²) in [6, 6.07) is 13.2. The first-order valence-electron chi connectivity index (χ1n) is 13.7. The van der Waals surface area contributed by atoms with Crippen LogP contribution in [0, 0.1) is 42.0 Å². The second kappa shape index (κ2) is 13.9. The molecular formula is C33H29F4NO5. The van der Waals surface area contributed by atoms with Crippen molar-refractivity contribution in [1.82, 2.24) is 4.57 Å². The van der Waals surface area contributed by atoms with Crippen LogP contribution < -0.4 is 4.74 Å². The highest BCUT2D eigenvalue weighted by Crippen LogP contribution is 2.30. The summed E-state index contributed by atoms with van der Waals surface area (Å²) < 4.78 is 61.3. The molecule has 0 saturated carbocycles. The molecule has 1 heterocycles. The van der Waals surface area contributed by atoms with Gasteiger partial charge in [0.05, 0.1) is 13.0 Å². The van der Waals surface area contributed by atoms with E-state index in [1.54, 1.807) is 24.3 Å². The van der Waals surface area contributed by atoms with Gasteiger partial charge < -0.3 is 19.5 Å². The van der Waals surface area contributed by atoms with Gasteiger partial charge in [0.15, 0.2) is 23.3 Å². The highest BCUT2D eigenvalue weighted by molar-refractivity contribution is 5.93. The van der Waals surface area contributed by atoms with Gasteiger partial charge in [-0.15, -0.1) is 0 Å². The second-order valence-corrected chi connectivity index (χ2v) is 10.0. The van der Waals surface area contributed by atoms with E-state index in [4.69, 9.17) is 9.84 Å². The van der Waals surface area contributed by atoms with Gasteiger partial charge in [0.2, 0.25) is 0 Å². The third-order valence-electron chi connectivity index (χ3n) is 7.06. The van der Waals surface area contributed by atoms with Crippen molar-refractivity contribution in [1.29, 1.82) is 0 Å². The standard InChI is InChI=1S/C33H29F4NO5/c1-20-25(19-29(41)42)30-22(7-4-8-27(30)38(20)16-5-9-28(39)40)13-10-21-11-14-24(15-12-21)43-17-3-2-6-23-18-26(34)32(36)33(37)31(23)35/h4,7-8,11-12,14-15,18H,2-3,5-6,9,16-17,19H2,1H3,(H,39,40)(H,41,42). The summed E-state index contributed by atoms with van der Waals surface area (Å²) in [7, 11) is 0. The molecule has 0 bridgehead atoms. The van der Waals surface area contributed by atoms with Crippen LogP contribution in [0.5, 0.6) is 5.75 Å². The molecule has 3 aromatic carbocycles. The van der Waals surface area contributed by atoms with Crippen LogP contribution in [-0.4, -0.2) is 33.3 Å². The van der Waals surface area contributed by atoms with Gasteiger partial charge in [-0.3, -0.25) is 9.59 Å². The van der Waals surface area contributed by atoms with Gasteiger partial charge in [0.1, 0.15) is 5.75 Å². The van der Waals surface area contributed by atoms with Crippen LogP contribution in [0.2, 0.25) is 0 Å². The van der Waals surface area contributed by atoms with Crippen LogP contribution in [0.4, 0.5) is 17.6 Å². The lowest BCUT2D eigenvalue weighted by Gasteiger charge is -2.08. The van der Waals surface area contributed by atoms with Crippen LogP contribution in [0.3, 0.4) is 0 Å². The average Bonchev–Trinajstić information content (AvgIpc) is 3.23. The SMILES string of the molecule is Cc1c(CC(=O)O)c2c(C#Cc3ccc(OCCCCc4cc(F)c(F)c(F)c4F)cc3)cccc2n1CCCC(=O)O.